The molecule has 1 aliphatic heterocycles. The molecule has 1 N–H and O–H groups in total. The highest BCUT2D eigenvalue weighted by molar-refractivity contribution is 5.97. The van der Waals surface area contributed by atoms with E-state index in [4.69, 9.17) is 4.74 Å². The molecule has 2 heterocycles. The van der Waals surface area contributed by atoms with Gasteiger partial charge in [0.1, 0.15) is 24.2 Å². The first-order chi connectivity index (χ1) is 12.2. The zero-order valence-corrected chi connectivity index (χ0v) is 13.3. The molecule has 0 bridgehead atoms. The number of rotatable bonds is 4. The molecule has 0 saturated heterocycles. The van der Waals surface area contributed by atoms with Gasteiger partial charge in [0.15, 0.2) is 0 Å². The molecule has 1 amide bonds. The lowest BCUT2D eigenvalue weighted by molar-refractivity contribution is 0.0947. The number of benzene rings is 2. The quantitative estimate of drug-likeness (QED) is 0.792. The van der Waals surface area contributed by atoms with E-state index in [0.29, 0.717) is 36.4 Å². The number of halogens is 1. The first-order valence-corrected chi connectivity index (χ1v) is 7.89. The average molecular weight is 338 g/mol. The van der Waals surface area contributed by atoms with Crippen LogP contribution in [0.4, 0.5) is 4.39 Å². The van der Waals surface area contributed by atoms with Crippen molar-refractivity contribution < 1.29 is 13.9 Å². The molecule has 1 aromatic heterocycles. The van der Waals surface area contributed by atoms with Gasteiger partial charge in [0.25, 0.3) is 5.91 Å². The van der Waals surface area contributed by atoms with Gasteiger partial charge in [0.2, 0.25) is 0 Å². The fourth-order valence-electron chi connectivity index (χ4n) is 2.82. The van der Waals surface area contributed by atoms with E-state index in [1.165, 1.54) is 18.5 Å². The molecule has 4 rings (SSSR count). The SMILES string of the molecule is O=C(NCc1ccc(-n2cncn2)cc1)c1ccc(F)c2c1OCC2. The van der Waals surface area contributed by atoms with Crippen molar-refractivity contribution in [3.8, 4) is 11.4 Å². The third-order valence-electron chi connectivity index (χ3n) is 4.12. The van der Waals surface area contributed by atoms with Crippen molar-refractivity contribution in [2.45, 2.75) is 13.0 Å². The van der Waals surface area contributed by atoms with E-state index in [-0.39, 0.29) is 11.7 Å². The van der Waals surface area contributed by atoms with E-state index in [1.807, 2.05) is 24.3 Å². The number of amides is 1. The number of hydrogen-bond acceptors (Lipinski definition) is 4. The summed E-state index contributed by atoms with van der Waals surface area (Å²) in [6.07, 6.45) is 3.58. The second kappa shape index (κ2) is 6.35. The Morgan fingerprint density at radius 3 is 2.84 bits per heavy atom. The van der Waals surface area contributed by atoms with Gasteiger partial charge in [0.05, 0.1) is 17.9 Å². The molecule has 0 atom stereocenters. The van der Waals surface area contributed by atoms with Gasteiger partial charge in [-0.15, -0.1) is 0 Å². The van der Waals surface area contributed by atoms with Gasteiger partial charge in [-0.25, -0.2) is 14.1 Å². The van der Waals surface area contributed by atoms with Crippen molar-refractivity contribution in [2.75, 3.05) is 6.61 Å². The van der Waals surface area contributed by atoms with Gasteiger partial charge in [-0.2, -0.15) is 5.10 Å². The maximum Gasteiger partial charge on any atom is 0.255 e. The monoisotopic (exact) mass is 338 g/mol. The van der Waals surface area contributed by atoms with Crippen LogP contribution in [-0.2, 0) is 13.0 Å². The van der Waals surface area contributed by atoms with Crippen LogP contribution in [0, 0.1) is 5.82 Å². The van der Waals surface area contributed by atoms with Crippen LogP contribution in [0.2, 0.25) is 0 Å². The summed E-state index contributed by atoms with van der Waals surface area (Å²) in [5.41, 5.74) is 2.67. The molecule has 7 heteroatoms. The Bertz CT molecular complexity index is 908. The van der Waals surface area contributed by atoms with Gasteiger partial charge in [-0.3, -0.25) is 4.79 Å². The number of nitrogens with one attached hydrogen (secondary N) is 1. The summed E-state index contributed by atoms with van der Waals surface area (Å²) in [6, 6.07) is 10.4. The van der Waals surface area contributed by atoms with Crippen molar-refractivity contribution in [1.82, 2.24) is 20.1 Å². The molecule has 0 unspecified atom stereocenters. The lowest BCUT2D eigenvalue weighted by atomic mass is 10.1. The van der Waals surface area contributed by atoms with E-state index >= 15 is 0 Å². The van der Waals surface area contributed by atoms with E-state index in [1.54, 1.807) is 11.0 Å². The molecular formula is C18H15FN4O2. The lowest BCUT2D eigenvalue weighted by Crippen LogP contribution is -2.23. The first-order valence-electron chi connectivity index (χ1n) is 7.89. The molecule has 1 aliphatic rings. The number of carbonyl (C=O) groups excluding carboxylic acids is 1. The van der Waals surface area contributed by atoms with Crippen molar-refractivity contribution in [3.63, 3.8) is 0 Å². The molecule has 25 heavy (non-hydrogen) atoms. The van der Waals surface area contributed by atoms with Crippen LogP contribution in [0.1, 0.15) is 21.5 Å². The van der Waals surface area contributed by atoms with E-state index in [9.17, 15) is 9.18 Å². The summed E-state index contributed by atoms with van der Waals surface area (Å²) < 4.78 is 20.8. The van der Waals surface area contributed by atoms with Crippen molar-refractivity contribution in [3.05, 3.63) is 71.6 Å². The summed E-state index contributed by atoms with van der Waals surface area (Å²) in [5.74, 6) is -0.245. The zero-order chi connectivity index (χ0) is 17.2. The number of aromatic nitrogens is 3. The summed E-state index contributed by atoms with van der Waals surface area (Å²) in [7, 11) is 0. The van der Waals surface area contributed by atoms with Crippen molar-refractivity contribution >= 4 is 5.91 Å². The molecule has 2 aromatic carbocycles. The second-order valence-electron chi connectivity index (χ2n) is 5.69. The highest BCUT2D eigenvalue weighted by atomic mass is 19.1. The highest BCUT2D eigenvalue weighted by Gasteiger charge is 2.23. The van der Waals surface area contributed by atoms with E-state index < -0.39 is 0 Å². The predicted molar refractivity (Wildman–Crippen MR) is 88.1 cm³/mol. The topological polar surface area (TPSA) is 69.0 Å². The Morgan fingerprint density at radius 1 is 1.24 bits per heavy atom. The highest BCUT2D eigenvalue weighted by Crippen LogP contribution is 2.31. The van der Waals surface area contributed by atoms with E-state index in [2.05, 4.69) is 15.4 Å². The van der Waals surface area contributed by atoms with Gasteiger partial charge in [-0.05, 0) is 29.8 Å². The van der Waals surface area contributed by atoms with Crippen LogP contribution in [0.3, 0.4) is 0 Å². The number of ether oxygens (including phenoxy) is 1. The molecule has 0 fully saturated rings. The van der Waals surface area contributed by atoms with Crippen LogP contribution < -0.4 is 10.1 Å². The normalized spacial score (nSPS) is 12.5. The number of hydrogen-bond donors (Lipinski definition) is 1. The Labute approximate surface area is 143 Å². The fourth-order valence-corrected chi connectivity index (χ4v) is 2.82. The van der Waals surface area contributed by atoms with E-state index in [0.717, 1.165) is 11.3 Å². The Kier molecular flexibility index (Phi) is 3.89. The molecule has 0 radical (unpaired) electrons. The maximum atomic E-state index is 13.7. The summed E-state index contributed by atoms with van der Waals surface area (Å²) in [6.45, 7) is 0.767. The molecule has 0 spiro atoms. The van der Waals surface area contributed by atoms with Crippen molar-refractivity contribution in [2.24, 2.45) is 0 Å². The first kappa shape index (κ1) is 15.3. The second-order valence-corrected chi connectivity index (χ2v) is 5.69. The molecule has 3 aromatic rings. The summed E-state index contributed by atoms with van der Waals surface area (Å²) >= 11 is 0. The minimum atomic E-state index is -0.326. The van der Waals surface area contributed by atoms with Crippen LogP contribution in [0.5, 0.6) is 5.75 Å². The molecular weight excluding hydrogens is 323 g/mol. The molecule has 0 aliphatic carbocycles. The standard InChI is InChI=1S/C18H15FN4O2/c19-16-6-5-15(17-14(16)7-8-25-17)18(24)21-9-12-1-3-13(4-2-12)23-11-20-10-22-23/h1-6,10-11H,7-9H2,(H,21,24). The third kappa shape index (κ3) is 2.96. The molecule has 0 saturated carbocycles. The van der Waals surface area contributed by atoms with Crippen LogP contribution in [0.25, 0.3) is 5.69 Å². The molecule has 126 valence electrons. The third-order valence-corrected chi connectivity index (χ3v) is 4.12. The van der Waals surface area contributed by atoms with Gasteiger partial charge in [-0.1, -0.05) is 12.1 Å². The lowest BCUT2D eigenvalue weighted by Gasteiger charge is -2.10. The van der Waals surface area contributed by atoms with Crippen LogP contribution >= 0.6 is 0 Å². The predicted octanol–water partition coefficient (Wildman–Crippen LogP) is 2.27. The number of fused-ring (bicyclic) bond motifs is 1. The summed E-state index contributed by atoms with van der Waals surface area (Å²) in [5, 5.41) is 6.90. The van der Waals surface area contributed by atoms with Crippen LogP contribution in [-0.4, -0.2) is 27.3 Å². The Hall–Kier alpha value is -3.22. The van der Waals surface area contributed by atoms with Crippen LogP contribution in [0.15, 0.2) is 49.1 Å². The minimum absolute atomic E-state index is 0.279. The minimum Gasteiger partial charge on any atom is -0.492 e. The van der Waals surface area contributed by atoms with Crippen molar-refractivity contribution in [1.29, 1.82) is 0 Å². The maximum absolute atomic E-state index is 13.7. The van der Waals surface area contributed by atoms with Gasteiger partial charge in [0, 0.05) is 18.5 Å². The van der Waals surface area contributed by atoms with Gasteiger partial charge >= 0.3 is 0 Å². The Balaban J connectivity index is 1.45. The molecule has 6 nitrogen and oxygen atoms in total. The Morgan fingerprint density at radius 2 is 2.08 bits per heavy atom. The smallest absolute Gasteiger partial charge is 0.255 e. The largest absolute Gasteiger partial charge is 0.492 e. The zero-order valence-electron chi connectivity index (χ0n) is 13.3. The number of carbonyl (C=O) groups is 1. The number of nitrogens with zero attached hydrogens (tertiary/aromatic N) is 3. The fraction of sp³-hybridized carbons (Fsp3) is 0.167. The summed E-state index contributed by atoms with van der Waals surface area (Å²) in [4.78, 5) is 16.3. The average Bonchev–Trinajstić information content (AvgIpc) is 3.32. The van der Waals surface area contributed by atoms with Gasteiger partial charge < -0.3 is 10.1 Å².